The van der Waals surface area contributed by atoms with Gasteiger partial charge in [-0.1, -0.05) is 64.2 Å². The quantitative estimate of drug-likeness (QED) is 0.274. The third-order valence-corrected chi connectivity index (χ3v) is 7.39. The summed E-state index contributed by atoms with van der Waals surface area (Å²) in [6.45, 7) is 0. The molecule has 0 rings (SSSR count). The highest BCUT2D eigenvalue weighted by Crippen LogP contribution is 2.18. The van der Waals surface area contributed by atoms with Crippen molar-refractivity contribution < 1.29 is 23.2 Å². The van der Waals surface area contributed by atoms with Crippen LogP contribution in [0.15, 0.2) is 0 Å². The van der Waals surface area contributed by atoms with Gasteiger partial charge in [0.25, 0.3) is 0 Å². The maximum atomic E-state index is 10.4. The number of hydrogen-bond acceptors (Lipinski definition) is 4. The van der Waals surface area contributed by atoms with E-state index in [-0.39, 0.29) is 0 Å². The van der Waals surface area contributed by atoms with Crippen molar-refractivity contribution in [3.05, 3.63) is 0 Å². The predicted molar refractivity (Wildman–Crippen MR) is 99.2 cm³/mol. The molecular weight excluding hydrogens is 324 g/mol. The Kier molecular flexibility index (Phi) is 15.8. The number of carboxylic acid groups (broad SMARTS) is 1. The van der Waals surface area contributed by atoms with Crippen molar-refractivity contribution in [2.75, 3.05) is 21.3 Å². The maximum absolute atomic E-state index is 10.4. The van der Waals surface area contributed by atoms with Gasteiger partial charge in [0.2, 0.25) is 0 Å². The Balaban J connectivity index is 3.27. The molecule has 0 aliphatic heterocycles. The standard InChI is InChI=1S/C18H38O5Si/c1-21-24(22-2,23-3)17-15-13-11-9-7-5-4-6-8-10-12-14-16-18(19)20/h4-17H2,1-3H3,(H,19,20). The average molecular weight is 363 g/mol. The van der Waals surface area contributed by atoms with Crippen LogP contribution in [0.1, 0.15) is 83.5 Å². The van der Waals surface area contributed by atoms with Crippen LogP contribution in [-0.2, 0) is 18.1 Å². The Labute approximate surface area is 149 Å². The molecular formula is C18H38O5Si. The molecule has 0 bridgehead atoms. The van der Waals surface area contributed by atoms with E-state index in [1.807, 2.05) is 0 Å². The van der Waals surface area contributed by atoms with Crippen molar-refractivity contribution in [2.24, 2.45) is 0 Å². The summed E-state index contributed by atoms with van der Waals surface area (Å²) >= 11 is 0. The number of carbonyl (C=O) groups is 1. The summed E-state index contributed by atoms with van der Waals surface area (Å²) in [5.41, 5.74) is 0. The minimum atomic E-state index is -2.36. The smallest absolute Gasteiger partial charge is 0.481 e. The SMILES string of the molecule is CO[Si](CCCCCCCCCCCCCCC(=O)O)(OC)OC. The Bertz CT molecular complexity index is 287. The van der Waals surface area contributed by atoms with E-state index in [2.05, 4.69) is 0 Å². The van der Waals surface area contributed by atoms with Crippen LogP contribution in [0, 0.1) is 0 Å². The van der Waals surface area contributed by atoms with Crippen LogP contribution >= 0.6 is 0 Å². The van der Waals surface area contributed by atoms with Crippen LogP contribution in [0.4, 0.5) is 0 Å². The molecule has 0 saturated carbocycles. The first-order valence-corrected chi connectivity index (χ1v) is 11.4. The molecule has 0 atom stereocenters. The fourth-order valence-electron chi connectivity index (χ4n) is 2.94. The normalized spacial score (nSPS) is 11.8. The zero-order valence-corrected chi connectivity index (χ0v) is 17.0. The molecule has 0 aromatic rings. The van der Waals surface area contributed by atoms with Crippen LogP contribution in [0.5, 0.6) is 0 Å². The van der Waals surface area contributed by atoms with Gasteiger partial charge in [0, 0.05) is 33.8 Å². The minimum absolute atomic E-state index is 0.322. The van der Waals surface area contributed by atoms with E-state index in [1.165, 1.54) is 57.8 Å². The predicted octanol–water partition coefficient (Wildman–Crippen LogP) is 5.02. The number of carboxylic acids is 1. The molecule has 0 spiro atoms. The summed E-state index contributed by atoms with van der Waals surface area (Å²) in [4.78, 5) is 10.4. The molecule has 0 fully saturated rings. The van der Waals surface area contributed by atoms with Crippen molar-refractivity contribution in [3.8, 4) is 0 Å². The summed E-state index contributed by atoms with van der Waals surface area (Å²) in [6.07, 6.45) is 14.8. The van der Waals surface area contributed by atoms with Crippen LogP contribution in [0.3, 0.4) is 0 Å². The van der Waals surface area contributed by atoms with E-state index in [0.29, 0.717) is 6.42 Å². The largest absolute Gasteiger partial charge is 0.500 e. The van der Waals surface area contributed by atoms with Gasteiger partial charge in [0.1, 0.15) is 0 Å². The molecule has 24 heavy (non-hydrogen) atoms. The lowest BCUT2D eigenvalue weighted by Gasteiger charge is -2.24. The molecule has 0 heterocycles. The fraction of sp³-hybridized carbons (Fsp3) is 0.944. The first-order chi connectivity index (χ1) is 11.6. The van der Waals surface area contributed by atoms with E-state index in [1.54, 1.807) is 21.3 Å². The summed E-state index contributed by atoms with van der Waals surface area (Å²) in [5.74, 6) is -0.672. The summed E-state index contributed by atoms with van der Waals surface area (Å²) in [5, 5.41) is 8.55. The Morgan fingerprint density at radius 2 is 1.00 bits per heavy atom. The van der Waals surface area contributed by atoms with Crippen LogP contribution in [0.25, 0.3) is 0 Å². The van der Waals surface area contributed by atoms with Crippen LogP contribution in [0.2, 0.25) is 6.04 Å². The van der Waals surface area contributed by atoms with E-state index in [4.69, 9.17) is 18.4 Å². The number of rotatable bonds is 18. The minimum Gasteiger partial charge on any atom is -0.481 e. The van der Waals surface area contributed by atoms with Crippen molar-refractivity contribution in [2.45, 2.75) is 89.5 Å². The molecule has 0 aliphatic rings. The second-order valence-electron chi connectivity index (χ2n) is 6.43. The Hall–Kier alpha value is -0.433. The topological polar surface area (TPSA) is 65.0 Å². The molecule has 0 radical (unpaired) electrons. The number of unbranched alkanes of at least 4 members (excludes halogenated alkanes) is 11. The lowest BCUT2D eigenvalue weighted by Crippen LogP contribution is -2.42. The van der Waals surface area contributed by atoms with Crippen molar-refractivity contribution in [1.29, 1.82) is 0 Å². The molecule has 0 unspecified atom stereocenters. The van der Waals surface area contributed by atoms with E-state index in [9.17, 15) is 4.79 Å². The van der Waals surface area contributed by atoms with Crippen molar-refractivity contribution >= 4 is 14.8 Å². The summed E-state index contributed by atoms with van der Waals surface area (Å²) in [7, 11) is 2.66. The third-order valence-electron chi connectivity index (χ3n) is 4.56. The zero-order chi connectivity index (χ0) is 18.1. The highest BCUT2D eigenvalue weighted by molar-refractivity contribution is 6.60. The molecule has 1 N–H and O–H groups in total. The van der Waals surface area contributed by atoms with Gasteiger partial charge in [-0.3, -0.25) is 4.79 Å². The van der Waals surface area contributed by atoms with Crippen molar-refractivity contribution in [1.82, 2.24) is 0 Å². The van der Waals surface area contributed by atoms with Crippen LogP contribution < -0.4 is 0 Å². The highest BCUT2D eigenvalue weighted by Gasteiger charge is 2.36. The van der Waals surface area contributed by atoms with E-state index >= 15 is 0 Å². The summed E-state index contributed by atoms with van der Waals surface area (Å²) < 4.78 is 16.3. The zero-order valence-electron chi connectivity index (χ0n) is 16.0. The van der Waals surface area contributed by atoms with Gasteiger partial charge >= 0.3 is 14.8 Å². The molecule has 0 aromatic carbocycles. The van der Waals surface area contributed by atoms with E-state index < -0.39 is 14.8 Å². The van der Waals surface area contributed by atoms with Gasteiger partial charge in [-0.05, 0) is 12.8 Å². The molecule has 0 aromatic heterocycles. The van der Waals surface area contributed by atoms with Gasteiger partial charge < -0.3 is 18.4 Å². The van der Waals surface area contributed by atoms with Gasteiger partial charge in [-0.2, -0.15) is 0 Å². The molecule has 144 valence electrons. The molecule has 0 aliphatic carbocycles. The first-order valence-electron chi connectivity index (χ1n) is 9.47. The Morgan fingerprint density at radius 3 is 1.33 bits per heavy atom. The lowest BCUT2D eigenvalue weighted by molar-refractivity contribution is -0.137. The molecule has 5 nitrogen and oxygen atoms in total. The van der Waals surface area contributed by atoms with Crippen molar-refractivity contribution in [3.63, 3.8) is 0 Å². The Morgan fingerprint density at radius 1 is 0.667 bits per heavy atom. The van der Waals surface area contributed by atoms with Gasteiger partial charge in [-0.25, -0.2) is 0 Å². The van der Waals surface area contributed by atoms with E-state index in [0.717, 1.165) is 25.3 Å². The molecule has 0 saturated heterocycles. The van der Waals surface area contributed by atoms with Crippen LogP contribution in [-0.4, -0.2) is 41.2 Å². The molecule has 6 heteroatoms. The average Bonchev–Trinajstić information content (AvgIpc) is 2.59. The first kappa shape index (κ1) is 23.6. The number of hydrogen-bond donors (Lipinski definition) is 1. The maximum Gasteiger partial charge on any atom is 0.500 e. The monoisotopic (exact) mass is 362 g/mol. The van der Waals surface area contributed by atoms with Gasteiger partial charge in [-0.15, -0.1) is 0 Å². The number of aliphatic carboxylic acids is 1. The lowest BCUT2D eigenvalue weighted by atomic mass is 10.0. The van der Waals surface area contributed by atoms with Gasteiger partial charge in [0.05, 0.1) is 0 Å². The third kappa shape index (κ3) is 12.9. The second kappa shape index (κ2) is 16.1. The van der Waals surface area contributed by atoms with Gasteiger partial charge in [0.15, 0.2) is 0 Å². The second-order valence-corrected chi connectivity index (χ2v) is 9.52. The molecule has 0 amide bonds. The highest BCUT2D eigenvalue weighted by atomic mass is 28.4. The fourth-order valence-corrected chi connectivity index (χ4v) is 4.74. The summed E-state index contributed by atoms with van der Waals surface area (Å²) in [6, 6.07) is 0.901.